The van der Waals surface area contributed by atoms with E-state index in [9.17, 15) is 14.7 Å². The van der Waals surface area contributed by atoms with Crippen molar-refractivity contribution in [2.75, 3.05) is 18.0 Å². The van der Waals surface area contributed by atoms with Gasteiger partial charge in [-0.05, 0) is 47.9 Å². The first kappa shape index (κ1) is 17.7. The number of carbonyl (C=O) groups excluding carboxylic acids is 1. The molecule has 3 N–H and O–H groups in total. The third kappa shape index (κ3) is 3.23. The minimum Gasteiger partial charge on any atom is -0.465 e. The second-order valence-electron chi connectivity index (χ2n) is 8.12. The van der Waals surface area contributed by atoms with E-state index in [1.165, 1.54) is 0 Å². The van der Waals surface area contributed by atoms with Gasteiger partial charge in [-0.1, -0.05) is 26.8 Å². The lowest BCUT2D eigenvalue weighted by Crippen LogP contribution is -2.40. The molecule has 0 saturated carbocycles. The van der Waals surface area contributed by atoms with Gasteiger partial charge in [0.1, 0.15) is 0 Å². The van der Waals surface area contributed by atoms with Crippen LogP contribution < -0.4 is 10.6 Å². The number of hydrogen-bond donors (Lipinski definition) is 2. The van der Waals surface area contributed by atoms with Crippen LogP contribution in [0.25, 0.3) is 0 Å². The summed E-state index contributed by atoms with van der Waals surface area (Å²) < 4.78 is 0. The third-order valence-corrected chi connectivity index (χ3v) is 5.20. The van der Waals surface area contributed by atoms with Crippen LogP contribution in [0.3, 0.4) is 0 Å². The SMILES string of the molecule is CC(C)(C)C1c2ccc(N3CC[C@H](N)C3=O)cc2CCCN1C(=O)O. The molecule has 0 radical (unpaired) electrons. The van der Waals surface area contributed by atoms with E-state index in [-0.39, 0.29) is 17.4 Å². The summed E-state index contributed by atoms with van der Waals surface area (Å²) in [5, 5.41) is 9.67. The molecule has 3 rings (SSSR count). The van der Waals surface area contributed by atoms with Gasteiger partial charge < -0.3 is 20.6 Å². The Kier molecular flexibility index (Phi) is 4.49. The number of anilines is 1. The van der Waals surface area contributed by atoms with Crippen molar-refractivity contribution in [1.29, 1.82) is 0 Å². The molecule has 2 heterocycles. The molecule has 0 aliphatic carbocycles. The number of carboxylic acid groups (broad SMARTS) is 1. The van der Waals surface area contributed by atoms with Crippen molar-refractivity contribution < 1.29 is 14.7 Å². The fourth-order valence-corrected chi connectivity index (χ4v) is 4.08. The molecule has 1 aromatic rings. The summed E-state index contributed by atoms with van der Waals surface area (Å²) in [6.07, 6.45) is 1.39. The van der Waals surface area contributed by atoms with Gasteiger partial charge in [0.05, 0.1) is 12.1 Å². The van der Waals surface area contributed by atoms with E-state index in [0.29, 0.717) is 19.5 Å². The zero-order valence-electron chi connectivity index (χ0n) is 15.2. The van der Waals surface area contributed by atoms with Crippen LogP contribution >= 0.6 is 0 Å². The van der Waals surface area contributed by atoms with Gasteiger partial charge in [-0.2, -0.15) is 0 Å². The van der Waals surface area contributed by atoms with Crippen molar-refractivity contribution in [2.24, 2.45) is 11.1 Å². The highest BCUT2D eigenvalue weighted by atomic mass is 16.4. The smallest absolute Gasteiger partial charge is 0.407 e. The zero-order valence-corrected chi connectivity index (χ0v) is 15.2. The molecule has 1 aromatic carbocycles. The lowest BCUT2D eigenvalue weighted by atomic mass is 9.80. The quantitative estimate of drug-likeness (QED) is 0.819. The Morgan fingerprint density at radius 3 is 2.56 bits per heavy atom. The van der Waals surface area contributed by atoms with Gasteiger partial charge in [-0.25, -0.2) is 4.79 Å². The van der Waals surface area contributed by atoms with Crippen molar-refractivity contribution in [2.45, 2.75) is 52.1 Å². The Morgan fingerprint density at radius 2 is 2.00 bits per heavy atom. The highest BCUT2D eigenvalue weighted by molar-refractivity contribution is 5.99. The molecule has 0 spiro atoms. The van der Waals surface area contributed by atoms with Crippen LogP contribution in [-0.2, 0) is 11.2 Å². The summed E-state index contributed by atoms with van der Waals surface area (Å²) in [7, 11) is 0. The van der Waals surface area contributed by atoms with E-state index in [2.05, 4.69) is 26.8 Å². The lowest BCUT2D eigenvalue weighted by molar-refractivity contribution is -0.118. The predicted molar refractivity (Wildman–Crippen MR) is 96.6 cm³/mol. The van der Waals surface area contributed by atoms with Crippen LogP contribution in [0.2, 0.25) is 0 Å². The van der Waals surface area contributed by atoms with Crippen molar-refractivity contribution in [3.05, 3.63) is 29.3 Å². The Bertz CT molecular complexity index is 696. The molecule has 6 nitrogen and oxygen atoms in total. The first-order valence-electron chi connectivity index (χ1n) is 8.89. The van der Waals surface area contributed by atoms with Crippen LogP contribution in [0.5, 0.6) is 0 Å². The van der Waals surface area contributed by atoms with Gasteiger partial charge in [-0.15, -0.1) is 0 Å². The van der Waals surface area contributed by atoms with Crippen molar-refractivity contribution in [1.82, 2.24) is 4.90 Å². The van der Waals surface area contributed by atoms with Gasteiger partial charge in [0, 0.05) is 18.8 Å². The second-order valence-corrected chi connectivity index (χ2v) is 8.12. The molecule has 2 aliphatic rings. The molecule has 0 bridgehead atoms. The molecule has 25 heavy (non-hydrogen) atoms. The number of carbonyl (C=O) groups is 2. The van der Waals surface area contributed by atoms with Crippen molar-refractivity contribution in [3.63, 3.8) is 0 Å². The lowest BCUT2D eigenvalue weighted by Gasteiger charge is -2.38. The summed E-state index contributed by atoms with van der Waals surface area (Å²) >= 11 is 0. The summed E-state index contributed by atoms with van der Waals surface area (Å²) in [6.45, 7) is 7.37. The molecule has 1 saturated heterocycles. The Hall–Kier alpha value is -2.08. The molecular weight excluding hydrogens is 318 g/mol. The Labute approximate surface area is 148 Å². The van der Waals surface area contributed by atoms with Crippen LogP contribution in [0.1, 0.15) is 50.8 Å². The third-order valence-electron chi connectivity index (χ3n) is 5.20. The first-order valence-corrected chi connectivity index (χ1v) is 8.89. The number of hydrogen-bond acceptors (Lipinski definition) is 3. The molecular formula is C19H27N3O3. The van der Waals surface area contributed by atoms with E-state index in [4.69, 9.17) is 5.73 Å². The summed E-state index contributed by atoms with van der Waals surface area (Å²) in [6, 6.07) is 5.37. The van der Waals surface area contributed by atoms with Gasteiger partial charge in [-0.3, -0.25) is 4.79 Å². The molecule has 1 unspecified atom stereocenters. The maximum atomic E-state index is 12.2. The largest absolute Gasteiger partial charge is 0.465 e. The second kappa shape index (κ2) is 6.33. The number of amides is 2. The van der Waals surface area contributed by atoms with E-state index in [1.807, 2.05) is 12.1 Å². The topological polar surface area (TPSA) is 86.9 Å². The fraction of sp³-hybridized carbons (Fsp3) is 0.579. The fourth-order valence-electron chi connectivity index (χ4n) is 4.08. The van der Waals surface area contributed by atoms with Gasteiger partial charge in [0.15, 0.2) is 0 Å². The van der Waals surface area contributed by atoms with Gasteiger partial charge >= 0.3 is 6.09 Å². The summed E-state index contributed by atoms with van der Waals surface area (Å²) in [5.74, 6) is -0.0342. The van der Waals surface area contributed by atoms with Gasteiger partial charge in [0.2, 0.25) is 5.91 Å². The minimum absolute atomic E-state index is 0.0342. The Balaban J connectivity index is 2.03. The minimum atomic E-state index is -0.877. The number of rotatable bonds is 1. The van der Waals surface area contributed by atoms with Crippen LogP contribution in [0.15, 0.2) is 18.2 Å². The maximum absolute atomic E-state index is 12.2. The first-order chi connectivity index (χ1) is 11.7. The number of benzene rings is 1. The number of nitrogens with zero attached hydrogens (tertiary/aromatic N) is 2. The molecule has 2 amide bonds. The number of fused-ring (bicyclic) bond motifs is 1. The molecule has 2 aliphatic heterocycles. The monoisotopic (exact) mass is 345 g/mol. The highest BCUT2D eigenvalue weighted by Crippen LogP contribution is 2.42. The highest BCUT2D eigenvalue weighted by Gasteiger charge is 2.38. The van der Waals surface area contributed by atoms with E-state index >= 15 is 0 Å². The molecule has 6 heteroatoms. The summed E-state index contributed by atoms with van der Waals surface area (Å²) in [5.41, 5.74) is 8.67. The zero-order chi connectivity index (χ0) is 18.4. The maximum Gasteiger partial charge on any atom is 0.407 e. The molecule has 0 aromatic heterocycles. The molecule has 2 atom stereocenters. The normalized spacial score (nSPS) is 24.2. The molecule has 136 valence electrons. The summed E-state index contributed by atoms with van der Waals surface area (Å²) in [4.78, 5) is 27.3. The van der Waals surface area contributed by atoms with Crippen molar-refractivity contribution in [3.8, 4) is 0 Å². The average Bonchev–Trinajstić information content (AvgIpc) is 2.75. The number of nitrogens with two attached hydrogens (primary N) is 1. The van der Waals surface area contributed by atoms with E-state index in [1.54, 1.807) is 9.80 Å². The van der Waals surface area contributed by atoms with E-state index in [0.717, 1.165) is 29.7 Å². The van der Waals surface area contributed by atoms with Crippen molar-refractivity contribution >= 4 is 17.7 Å². The average molecular weight is 345 g/mol. The Morgan fingerprint density at radius 1 is 1.28 bits per heavy atom. The standard InChI is InChI=1S/C19H27N3O3/c1-19(2,3)16-14-7-6-13(21-10-8-15(20)17(21)23)11-12(14)5-4-9-22(16)18(24)25/h6-7,11,15-16H,4-5,8-10,20H2,1-3H3,(H,24,25)/t15-,16?/m0/s1. The molecule has 1 fully saturated rings. The predicted octanol–water partition coefficient (Wildman–Crippen LogP) is 2.76. The van der Waals surface area contributed by atoms with Crippen LogP contribution in [0, 0.1) is 5.41 Å². The van der Waals surface area contributed by atoms with E-state index < -0.39 is 12.1 Å². The van der Waals surface area contributed by atoms with Crippen LogP contribution in [0.4, 0.5) is 10.5 Å². The number of aryl methyl sites for hydroxylation is 1. The van der Waals surface area contributed by atoms with Gasteiger partial charge in [0.25, 0.3) is 0 Å². The van der Waals surface area contributed by atoms with Crippen LogP contribution in [-0.4, -0.2) is 41.1 Å².